The molecule has 36 heavy (non-hydrogen) atoms. The van der Waals surface area contributed by atoms with Crippen molar-refractivity contribution in [3.63, 3.8) is 0 Å². The van der Waals surface area contributed by atoms with Crippen molar-refractivity contribution in [2.24, 2.45) is 0 Å². The molecule has 1 aromatic heterocycles. The Morgan fingerprint density at radius 3 is 2.39 bits per heavy atom. The van der Waals surface area contributed by atoms with E-state index in [0.29, 0.717) is 29.7 Å². The summed E-state index contributed by atoms with van der Waals surface area (Å²) in [7, 11) is -1.73. The van der Waals surface area contributed by atoms with Crippen LogP contribution in [-0.4, -0.2) is 22.3 Å². The second kappa shape index (κ2) is 11.1. The van der Waals surface area contributed by atoms with Gasteiger partial charge in [-0.2, -0.15) is 0 Å². The first-order valence-corrected chi connectivity index (χ1v) is 13.5. The SMILES string of the molecule is CC.CC(C)(C)c1cc(C(C)(C)C)c2c(c1F)COP(OCC1CCC(n3ccc(=O)[nH]c3=O)O1)O2. The highest BCUT2D eigenvalue weighted by molar-refractivity contribution is 7.42. The van der Waals surface area contributed by atoms with Crippen LogP contribution in [0.2, 0.25) is 0 Å². The fourth-order valence-electron chi connectivity index (χ4n) is 4.13. The first kappa shape index (κ1) is 28.5. The molecule has 0 amide bonds. The van der Waals surface area contributed by atoms with Gasteiger partial charge in [0.15, 0.2) is 0 Å². The van der Waals surface area contributed by atoms with Gasteiger partial charge in [0.25, 0.3) is 5.56 Å². The van der Waals surface area contributed by atoms with Crippen molar-refractivity contribution in [2.75, 3.05) is 6.61 Å². The second-order valence-corrected chi connectivity index (χ2v) is 11.9. The Morgan fingerprint density at radius 2 is 1.78 bits per heavy atom. The molecule has 0 saturated carbocycles. The number of aromatic amines is 1. The number of nitrogens with one attached hydrogen (secondary N) is 1. The van der Waals surface area contributed by atoms with Crippen molar-refractivity contribution in [3.8, 4) is 5.75 Å². The lowest BCUT2D eigenvalue weighted by Crippen LogP contribution is -2.31. The first-order chi connectivity index (χ1) is 16.8. The van der Waals surface area contributed by atoms with Gasteiger partial charge < -0.3 is 9.26 Å². The van der Waals surface area contributed by atoms with Gasteiger partial charge in [0, 0.05) is 17.8 Å². The first-order valence-electron chi connectivity index (χ1n) is 12.4. The summed E-state index contributed by atoms with van der Waals surface area (Å²) in [5.41, 5.74) is 0.402. The third-order valence-corrected chi connectivity index (χ3v) is 7.05. The summed E-state index contributed by atoms with van der Waals surface area (Å²) in [6.45, 7) is 16.5. The third-order valence-electron chi connectivity index (χ3n) is 6.02. The zero-order valence-electron chi connectivity index (χ0n) is 22.4. The highest BCUT2D eigenvalue weighted by Crippen LogP contribution is 2.52. The number of hydrogen-bond donors (Lipinski definition) is 1. The van der Waals surface area contributed by atoms with Crippen molar-refractivity contribution in [1.82, 2.24) is 9.55 Å². The van der Waals surface area contributed by atoms with E-state index in [1.165, 1.54) is 16.8 Å². The average Bonchev–Trinajstić information content (AvgIpc) is 3.26. The van der Waals surface area contributed by atoms with Crippen LogP contribution in [0, 0.1) is 5.82 Å². The smallest absolute Gasteiger partial charge is 0.397 e. The summed E-state index contributed by atoms with van der Waals surface area (Å²) in [5.74, 6) is 0.207. The van der Waals surface area contributed by atoms with Crippen LogP contribution in [0.1, 0.15) is 91.1 Å². The maximum absolute atomic E-state index is 15.4. The Balaban J connectivity index is 0.00000176. The van der Waals surface area contributed by atoms with E-state index < -0.39 is 26.1 Å². The van der Waals surface area contributed by atoms with E-state index in [1.54, 1.807) is 0 Å². The molecule has 0 spiro atoms. The highest BCUT2D eigenvalue weighted by Gasteiger charge is 2.36. The van der Waals surface area contributed by atoms with Gasteiger partial charge in [-0.3, -0.25) is 23.4 Å². The van der Waals surface area contributed by atoms with E-state index in [1.807, 2.05) is 40.7 Å². The minimum atomic E-state index is -1.73. The quantitative estimate of drug-likeness (QED) is 0.506. The summed E-state index contributed by atoms with van der Waals surface area (Å²) in [4.78, 5) is 25.5. The van der Waals surface area contributed by atoms with Crippen LogP contribution in [0.5, 0.6) is 5.75 Å². The minimum absolute atomic E-state index is 0.0702. The standard InChI is InChI=1S/C24H32FN2O6P.C2H6/c1-23(2,3)16-11-17(24(4,5)6)21-15(20(16)25)13-31-34(33-21)30-12-14-7-8-19(32-14)27-10-9-18(28)26-22(27)29;1-2/h9-11,14,19H,7-8,12-13H2,1-6H3,(H,26,28,29);1-2H3. The van der Waals surface area contributed by atoms with Gasteiger partial charge in [0.1, 0.15) is 17.8 Å². The maximum Gasteiger partial charge on any atom is 0.397 e. The van der Waals surface area contributed by atoms with Crippen LogP contribution >= 0.6 is 8.60 Å². The van der Waals surface area contributed by atoms with E-state index in [-0.39, 0.29) is 36.0 Å². The predicted molar refractivity (Wildman–Crippen MR) is 138 cm³/mol. The molecule has 1 fully saturated rings. The molecule has 0 bridgehead atoms. The summed E-state index contributed by atoms with van der Waals surface area (Å²) >= 11 is 0. The molecule has 2 aliphatic heterocycles. The molecular weight excluding hydrogens is 486 g/mol. The molecule has 0 aliphatic carbocycles. The molecule has 0 radical (unpaired) electrons. The van der Waals surface area contributed by atoms with Crippen LogP contribution in [0.25, 0.3) is 0 Å². The molecule has 4 rings (SSSR count). The molecule has 1 aromatic carbocycles. The normalized spacial score (nSPS) is 21.9. The predicted octanol–water partition coefficient (Wildman–Crippen LogP) is 5.83. The Hall–Kier alpha value is -2.06. The van der Waals surface area contributed by atoms with Crippen LogP contribution in [0.3, 0.4) is 0 Å². The Kier molecular flexibility index (Phi) is 8.82. The van der Waals surface area contributed by atoms with Crippen molar-refractivity contribution < 1.29 is 22.7 Å². The zero-order chi connectivity index (χ0) is 26.8. The lowest BCUT2D eigenvalue weighted by atomic mass is 9.78. The van der Waals surface area contributed by atoms with Crippen molar-refractivity contribution in [2.45, 2.75) is 98.0 Å². The topological polar surface area (TPSA) is 91.8 Å². The number of halogens is 1. The number of H-pyrrole nitrogens is 1. The van der Waals surface area contributed by atoms with Crippen LogP contribution in [0.15, 0.2) is 27.9 Å². The molecule has 1 N–H and O–H groups in total. The van der Waals surface area contributed by atoms with Gasteiger partial charge in [-0.05, 0) is 35.3 Å². The van der Waals surface area contributed by atoms with E-state index in [2.05, 4.69) is 25.8 Å². The average molecular weight is 525 g/mol. The number of aromatic nitrogens is 2. The van der Waals surface area contributed by atoms with Crippen LogP contribution in [0.4, 0.5) is 4.39 Å². The fraction of sp³-hybridized carbons (Fsp3) is 0.615. The van der Waals surface area contributed by atoms with Gasteiger partial charge in [-0.1, -0.05) is 55.4 Å². The molecule has 2 aliphatic rings. The number of hydrogen-bond acceptors (Lipinski definition) is 6. The third kappa shape index (κ3) is 6.25. The number of fused-ring (bicyclic) bond motifs is 1. The zero-order valence-corrected chi connectivity index (χ0v) is 23.3. The van der Waals surface area contributed by atoms with E-state index in [4.69, 9.17) is 18.3 Å². The maximum atomic E-state index is 15.4. The molecule has 10 heteroatoms. The fourth-order valence-corrected chi connectivity index (χ4v) is 5.19. The van der Waals surface area contributed by atoms with Crippen molar-refractivity contribution in [1.29, 1.82) is 0 Å². The van der Waals surface area contributed by atoms with Gasteiger partial charge in [-0.15, -0.1) is 0 Å². The highest BCUT2D eigenvalue weighted by atomic mass is 31.2. The Bertz CT molecular complexity index is 1180. The lowest BCUT2D eigenvalue weighted by molar-refractivity contribution is -0.0230. The molecule has 8 nitrogen and oxygen atoms in total. The van der Waals surface area contributed by atoms with Crippen LogP contribution in [-0.2, 0) is 31.2 Å². The summed E-state index contributed by atoms with van der Waals surface area (Å²) in [6, 6.07) is 3.19. The number of nitrogens with zero attached hydrogens (tertiary/aromatic N) is 1. The van der Waals surface area contributed by atoms with Gasteiger partial charge in [-0.25, -0.2) is 9.18 Å². The molecule has 200 valence electrons. The molecule has 3 atom stereocenters. The second-order valence-electron chi connectivity index (χ2n) is 10.8. The van der Waals surface area contributed by atoms with Crippen molar-refractivity contribution in [3.05, 3.63) is 61.7 Å². The van der Waals surface area contributed by atoms with Gasteiger partial charge in [0.05, 0.1) is 24.9 Å². The Morgan fingerprint density at radius 1 is 1.11 bits per heavy atom. The number of ether oxygens (including phenoxy) is 1. The summed E-state index contributed by atoms with van der Waals surface area (Å²) in [6.07, 6.45) is 1.97. The summed E-state index contributed by atoms with van der Waals surface area (Å²) in [5, 5.41) is 0. The molecule has 1 saturated heterocycles. The molecule has 3 unspecified atom stereocenters. The largest absolute Gasteiger partial charge is 0.426 e. The molecular formula is C26H38FN2O6P. The monoisotopic (exact) mass is 524 g/mol. The molecule has 2 aromatic rings. The Labute approximate surface area is 213 Å². The van der Waals surface area contributed by atoms with Crippen molar-refractivity contribution >= 4 is 8.60 Å². The van der Waals surface area contributed by atoms with Crippen LogP contribution < -0.4 is 15.8 Å². The lowest BCUT2D eigenvalue weighted by Gasteiger charge is -2.33. The number of benzene rings is 1. The minimum Gasteiger partial charge on any atom is -0.426 e. The van der Waals surface area contributed by atoms with E-state index in [0.717, 1.165) is 5.56 Å². The molecule has 3 heterocycles. The number of rotatable bonds is 4. The van der Waals surface area contributed by atoms with E-state index >= 15 is 4.39 Å². The van der Waals surface area contributed by atoms with E-state index in [9.17, 15) is 9.59 Å². The van der Waals surface area contributed by atoms with Gasteiger partial charge >= 0.3 is 14.3 Å². The van der Waals surface area contributed by atoms with Gasteiger partial charge in [0.2, 0.25) is 0 Å². The summed E-state index contributed by atoms with van der Waals surface area (Å²) < 4.78 is 40.4.